The Morgan fingerprint density at radius 3 is 2.29 bits per heavy atom. The molecule has 1 heterocycles. The molecule has 5 nitrogen and oxygen atoms in total. The summed E-state index contributed by atoms with van der Waals surface area (Å²) in [4.78, 5) is 27.0. The van der Waals surface area contributed by atoms with E-state index >= 15 is 0 Å². The molecule has 0 bridgehead atoms. The molecule has 2 N–H and O–H groups in total. The van der Waals surface area contributed by atoms with Crippen molar-refractivity contribution in [2.24, 2.45) is 0 Å². The number of nitrogens with one attached hydrogen (secondary N) is 2. The molecule has 8 heteroatoms. The average molecular weight is 335 g/mol. The highest BCUT2D eigenvalue weighted by molar-refractivity contribution is 5.96. The molecule has 0 atom stereocenters. The van der Waals surface area contributed by atoms with E-state index in [1.54, 1.807) is 12.1 Å². The van der Waals surface area contributed by atoms with Gasteiger partial charge in [0.2, 0.25) is 0 Å². The molecule has 24 heavy (non-hydrogen) atoms. The zero-order chi connectivity index (χ0) is 17.6. The van der Waals surface area contributed by atoms with E-state index in [1.807, 2.05) is 0 Å². The number of halogens is 3. The van der Waals surface area contributed by atoms with E-state index < -0.39 is 23.6 Å². The maximum atomic E-state index is 12.4. The number of benzene rings is 1. The summed E-state index contributed by atoms with van der Waals surface area (Å²) in [5.41, 5.74) is 4.07. The number of rotatable bonds is 3. The Morgan fingerprint density at radius 2 is 1.71 bits per heavy atom. The molecule has 124 valence electrons. The molecule has 2 rings (SSSR count). The van der Waals surface area contributed by atoms with Crippen molar-refractivity contribution < 1.29 is 22.8 Å². The van der Waals surface area contributed by atoms with Crippen LogP contribution in [0, 0.1) is 0 Å². The third-order valence-electron chi connectivity index (χ3n) is 2.86. The number of nitrogens with zero attached hydrogens (tertiary/aromatic N) is 1. The molecule has 0 unspecified atom stereocenters. The van der Waals surface area contributed by atoms with Gasteiger partial charge in [0.15, 0.2) is 0 Å². The largest absolute Gasteiger partial charge is 0.416 e. The van der Waals surface area contributed by atoms with E-state index in [9.17, 15) is 22.8 Å². The first-order valence-corrected chi connectivity index (χ1v) is 6.73. The molecule has 0 saturated heterocycles. The Kier molecular flexibility index (Phi) is 5.31. The van der Waals surface area contributed by atoms with E-state index in [-0.39, 0.29) is 5.69 Å². The molecule has 1 aromatic heterocycles. The van der Waals surface area contributed by atoms with Gasteiger partial charge in [0, 0.05) is 12.3 Å². The second kappa shape index (κ2) is 7.40. The summed E-state index contributed by atoms with van der Waals surface area (Å²) in [7, 11) is 0. The number of hydrogen-bond acceptors (Lipinski definition) is 3. The Labute approximate surface area is 135 Å². The van der Waals surface area contributed by atoms with Crippen molar-refractivity contribution in [2.75, 3.05) is 0 Å². The molecule has 2 aromatic rings. The first kappa shape index (κ1) is 17.2. The summed E-state index contributed by atoms with van der Waals surface area (Å²) in [6.45, 7) is 0. The van der Waals surface area contributed by atoms with E-state index in [0.29, 0.717) is 5.56 Å². The Bertz CT molecular complexity index is 741. The van der Waals surface area contributed by atoms with Crippen molar-refractivity contribution in [2.45, 2.75) is 6.18 Å². The number of hydrazine groups is 1. The van der Waals surface area contributed by atoms with E-state index in [0.717, 1.165) is 18.2 Å². The summed E-state index contributed by atoms with van der Waals surface area (Å²) >= 11 is 0. The van der Waals surface area contributed by atoms with Crippen LogP contribution >= 0.6 is 0 Å². The van der Waals surface area contributed by atoms with Gasteiger partial charge in [-0.25, -0.2) is 0 Å². The minimum Gasteiger partial charge on any atom is -0.268 e. The van der Waals surface area contributed by atoms with Gasteiger partial charge >= 0.3 is 6.18 Å². The number of hydrogen-bond donors (Lipinski definition) is 2. The van der Waals surface area contributed by atoms with Crippen LogP contribution in [0.4, 0.5) is 13.2 Å². The minimum atomic E-state index is -4.41. The highest BCUT2D eigenvalue weighted by Gasteiger charge is 2.29. The van der Waals surface area contributed by atoms with E-state index in [2.05, 4.69) is 15.8 Å². The highest BCUT2D eigenvalue weighted by Crippen LogP contribution is 2.29. The lowest BCUT2D eigenvalue weighted by atomic mass is 10.1. The maximum Gasteiger partial charge on any atom is 0.416 e. The van der Waals surface area contributed by atoms with Crippen LogP contribution in [0.3, 0.4) is 0 Å². The van der Waals surface area contributed by atoms with Crippen LogP contribution in [0.25, 0.3) is 6.08 Å². The lowest BCUT2D eigenvalue weighted by molar-refractivity contribution is -0.137. The first-order chi connectivity index (χ1) is 11.4. The molecule has 0 saturated carbocycles. The summed E-state index contributed by atoms with van der Waals surface area (Å²) in [5, 5.41) is 0. The second-order valence-corrected chi connectivity index (χ2v) is 4.61. The summed E-state index contributed by atoms with van der Waals surface area (Å²) in [5.74, 6) is -1.23. The zero-order valence-corrected chi connectivity index (χ0v) is 12.2. The summed E-state index contributed by atoms with van der Waals surface area (Å²) in [6.07, 6.45) is -0.569. The molecule has 1 aromatic carbocycles. The van der Waals surface area contributed by atoms with Crippen molar-refractivity contribution in [3.8, 4) is 0 Å². The zero-order valence-electron chi connectivity index (χ0n) is 12.2. The lowest BCUT2D eigenvalue weighted by Crippen LogP contribution is -2.41. The fourth-order valence-electron chi connectivity index (χ4n) is 1.68. The second-order valence-electron chi connectivity index (χ2n) is 4.61. The average Bonchev–Trinajstić information content (AvgIpc) is 2.58. The number of aromatic nitrogens is 1. The topological polar surface area (TPSA) is 71.1 Å². The molecule has 0 aliphatic rings. The van der Waals surface area contributed by atoms with Crippen LogP contribution in [-0.2, 0) is 11.0 Å². The van der Waals surface area contributed by atoms with Gasteiger partial charge in [0.25, 0.3) is 11.8 Å². The maximum absolute atomic E-state index is 12.4. The number of alkyl halides is 3. The number of amides is 2. The van der Waals surface area contributed by atoms with E-state index in [4.69, 9.17) is 0 Å². The molecule has 0 radical (unpaired) electrons. The standard InChI is InChI=1S/C16H12F3N3O2/c17-16(18,19)12-7-4-11(5-8-12)6-9-14(23)21-22-15(24)13-3-1-2-10-20-13/h1-10H,(H,21,23)(H,22,24). The van der Waals surface area contributed by atoms with Crippen LogP contribution in [0.1, 0.15) is 21.6 Å². The number of carbonyl (C=O) groups excluding carboxylic acids is 2. The molecule has 0 aliphatic heterocycles. The molecule has 2 amide bonds. The molecular weight excluding hydrogens is 323 g/mol. The number of carbonyl (C=O) groups is 2. The molecular formula is C16H12F3N3O2. The van der Waals surface area contributed by atoms with Crippen molar-refractivity contribution in [3.05, 3.63) is 71.6 Å². The molecule has 0 fully saturated rings. The van der Waals surface area contributed by atoms with Gasteiger partial charge < -0.3 is 0 Å². The van der Waals surface area contributed by atoms with E-state index in [1.165, 1.54) is 30.5 Å². The van der Waals surface area contributed by atoms with Gasteiger partial charge in [-0.15, -0.1) is 0 Å². The Balaban J connectivity index is 1.88. The Hall–Kier alpha value is -3.16. The quantitative estimate of drug-likeness (QED) is 0.669. The van der Waals surface area contributed by atoms with Crippen LogP contribution in [0.5, 0.6) is 0 Å². The monoisotopic (exact) mass is 335 g/mol. The van der Waals surface area contributed by atoms with Gasteiger partial charge in [-0.1, -0.05) is 18.2 Å². The van der Waals surface area contributed by atoms with Crippen LogP contribution in [0.15, 0.2) is 54.7 Å². The normalized spacial score (nSPS) is 11.3. The third kappa shape index (κ3) is 4.94. The van der Waals surface area contributed by atoms with Gasteiger partial charge in [0.05, 0.1) is 5.56 Å². The van der Waals surface area contributed by atoms with Gasteiger partial charge in [-0.3, -0.25) is 25.4 Å². The van der Waals surface area contributed by atoms with Gasteiger partial charge in [0.1, 0.15) is 5.69 Å². The fraction of sp³-hybridized carbons (Fsp3) is 0.0625. The predicted molar refractivity (Wildman–Crippen MR) is 80.3 cm³/mol. The predicted octanol–water partition coefficient (Wildman–Crippen LogP) is 2.57. The fourth-order valence-corrected chi connectivity index (χ4v) is 1.68. The van der Waals surface area contributed by atoms with Gasteiger partial charge in [-0.2, -0.15) is 13.2 Å². The number of pyridine rings is 1. The first-order valence-electron chi connectivity index (χ1n) is 6.73. The van der Waals surface area contributed by atoms with Gasteiger partial charge in [-0.05, 0) is 35.9 Å². The minimum absolute atomic E-state index is 0.129. The van der Waals surface area contributed by atoms with Crippen LogP contribution in [-0.4, -0.2) is 16.8 Å². The highest BCUT2D eigenvalue weighted by atomic mass is 19.4. The lowest BCUT2D eigenvalue weighted by Gasteiger charge is -2.06. The Morgan fingerprint density at radius 1 is 1.00 bits per heavy atom. The third-order valence-corrected chi connectivity index (χ3v) is 2.86. The van der Waals surface area contributed by atoms with Crippen molar-refractivity contribution in [1.82, 2.24) is 15.8 Å². The molecule has 0 spiro atoms. The SMILES string of the molecule is O=C(C=Cc1ccc(C(F)(F)F)cc1)NNC(=O)c1ccccn1. The summed E-state index contributed by atoms with van der Waals surface area (Å²) in [6, 6.07) is 9.04. The van der Waals surface area contributed by atoms with Crippen molar-refractivity contribution >= 4 is 17.9 Å². The van der Waals surface area contributed by atoms with Crippen LogP contribution < -0.4 is 10.9 Å². The van der Waals surface area contributed by atoms with Crippen molar-refractivity contribution in [3.63, 3.8) is 0 Å². The van der Waals surface area contributed by atoms with Crippen LogP contribution in [0.2, 0.25) is 0 Å². The smallest absolute Gasteiger partial charge is 0.268 e. The summed E-state index contributed by atoms with van der Waals surface area (Å²) < 4.78 is 37.3. The van der Waals surface area contributed by atoms with Crippen molar-refractivity contribution in [1.29, 1.82) is 0 Å². The molecule has 0 aliphatic carbocycles.